The number of hydrogen-bond donors (Lipinski definition) is 26. The van der Waals surface area contributed by atoms with Crippen molar-refractivity contribution >= 4 is 145 Å². The van der Waals surface area contributed by atoms with E-state index in [2.05, 4.69) is 74.5 Å². The lowest BCUT2D eigenvalue weighted by atomic mass is 9.95. The molecule has 0 bridgehead atoms. The number of benzene rings is 2. The van der Waals surface area contributed by atoms with Crippen LogP contribution >= 0.6 is 32.9 Å². The smallest absolute Gasteiger partial charge is 0.327 e. The number of likely N-dealkylation sites (tertiary alicyclic amines) is 1. The van der Waals surface area contributed by atoms with Crippen LogP contribution in [0.1, 0.15) is 226 Å². The number of carbonyl (C=O) groups excluding carboxylic acids is 15. The van der Waals surface area contributed by atoms with Gasteiger partial charge in [-0.2, -0.15) is 0 Å². The molecule has 1 unspecified atom stereocenters. The van der Waals surface area contributed by atoms with E-state index in [4.69, 9.17) is 20.0 Å². The Balaban J connectivity index is 1.50. The van der Waals surface area contributed by atoms with Crippen molar-refractivity contribution in [3.8, 4) is 5.75 Å². The standard InChI is InChI=1S/C92H143N17O33S3/c1-7-17-77(125)140-51-109(90(136)78(52(3)8-2)105-88(135)66-20-13-15-38-108(66)6)39-34-71(142-54(5)112)89-104-64(49-143-89)87(134)97-58(45-55-22-24-59(113)25-23-55)44-53(4)81(128)106-107-141-42-43-144-145-50-65(91(137)138)103-86(133)62(27-31-73(119)96-48-70(117)80(127)68(115)36-41-111)101-85(132)63(29-33-76(123)124)102-84(131)61(26-30-72(118)95-47-69(116)79(126)67(114)35-40-110)100-83(130)60(28-32-75(121)122)99-74(120)21-12-10-9-11-14-37-94-82(129)56-18-16-19-57(46-56)98-92(93)139/h16,18-19,22-25,46,49,52-53,58,60-63,65-71,78-80,107,110-111,113-117,126-127H,7-15,17,20-21,26-45,47-48,50-51H2,1-6H3,(H,94,129)(H,95,118)(H,96,119)(H,97,134)(H,99,120)(H,100,130)(H,101,132)(H,102,131)(H,103,133)(H,105,135)(H,106,128)(H,121,122)(H,123,124)(H,137,138)(H3,93,98,139)/t52?,53-,58+,60-,61-,62-,63-,65-,66+,67-,68-,69+,70+,71+,78-,79+,80+/m0/s1. The molecule has 14 amide bonds. The number of primary amides is 1. The van der Waals surface area contributed by atoms with Gasteiger partial charge in [0.2, 0.25) is 59.1 Å². The van der Waals surface area contributed by atoms with Crippen LogP contribution in [0.3, 0.4) is 0 Å². The molecule has 1 aromatic heterocycles. The summed E-state index contributed by atoms with van der Waals surface area (Å²) in [5, 5.41) is 149. The van der Waals surface area contributed by atoms with E-state index < -0.39 is 288 Å². The van der Waals surface area contributed by atoms with Gasteiger partial charge in [0.05, 0.1) is 37.1 Å². The molecule has 0 aliphatic carbocycles. The highest BCUT2D eigenvalue weighted by molar-refractivity contribution is 8.76. The van der Waals surface area contributed by atoms with Gasteiger partial charge in [0.1, 0.15) is 64.9 Å². The molecule has 2 heterocycles. The summed E-state index contributed by atoms with van der Waals surface area (Å²) in [4.78, 5) is 254. The number of piperidine rings is 1. The first-order valence-electron chi connectivity index (χ1n) is 47.9. The molecule has 17 atom stereocenters. The minimum absolute atomic E-state index is 0.0135. The number of unbranched alkanes of at least 4 members (excludes halogenated alkanes) is 4. The summed E-state index contributed by atoms with van der Waals surface area (Å²) in [5.74, 6) is -18.2. The monoisotopic (exact) mass is 2110 g/mol. The van der Waals surface area contributed by atoms with E-state index >= 15 is 0 Å². The average molecular weight is 2110 g/mol. The number of carbonyl (C=O) groups is 18. The molecule has 1 aliphatic rings. The summed E-state index contributed by atoms with van der Waals surface area (Å²) >= 11 is 0.981. The number of urea groups is 1. The van der Waals surface area contributed by atoms with E-state index in [0.29, 0.717) is 62.7 Å². The Morgan fingerprint density at radius 2 is 1.17 bits per heavy atom. The molecular weight excluding hydrogens is 1970 g/mol. The predicted molar refractivity (Wildman–Crippen MR) is 524 cm³/mol. The second-order valence-corrected chi connectivity index (χ2v) is 38.4. The highest BCUT2D eigenvalue weighted by Gasteiger charge is 2.39. The zero-order valence-corrected chi connectivity index (χ0v) is 84.5. The molecule has 3 aromatic rings. The number of rotatable bonds is 73. The third-order valence-corrected chi connectivity index (χ3v) is 26.5. The summed E-state index contributed by atoms with van der Waals surface area (Å²) in [7, 11) is 3.72. The number of phenols is 1. The zero-order chi connectivity index (χ0) is 108. The maximum absolute atomic E-state index is 14.7. The summed E-state index contributed by atoms with van der Waals surface area (Å²) in [5.41, 5.74) is 11.0. The number of nitrogens with zero attached hydrogens (tertiary/aromatic N) is 3. The first-order valence-corrected chi connectivity index (χ1v) is 51.3. The summed E-state index contributed by atoms with van der Waals surface area (Å²) in [6.07, 6.45) is -13.2. The molecule has 1 aliphatic heterocycles. The van der Waals surface area contributed by atoms with Gasteiger partial charge in [-0.05, 0) is 139 Å². The first-order chi connectivity index (χ1) is 68.9. The van der Waals surface area contributed by atoms with Crippen molar-refractivity contribution in [1.82, 2.24) is 79.0 Å². The molecule has 1 saturated heterocycles. The van der Waals surface area contributed by atoms with Gasteiger partial charge in [-0.3, -0.25) is 91.9 Å². The van der Waals surface area contributed by atoms with Crippen LogP contribution in [0.4, 0.5) is 10.5 Å². The van der Waals surface area contributed by atoms with Crippen LogP contribution in [-0.2, 0) is 92.7 Å². The topological polar surface area (TPSA) is 779 Å². The molecule has 1 fully saturated rings. The lowest BCUT2D eigenvalue weighted by Crippen LogP contribution is -2.59. The number of aromatic hydroxyl groups is 1. The molecule has 2 aromatic carbocycles. The second-order valence-electron chi connectivity index (χ2n) is 34.9. The van der Waals surface area contributed by atoms with Crippen LogP contribution in [0.15, 0.2) is 53.9 Å². The van der Waals surface area contributed by atoms with Crippen molar-refractivity contribution in [2.75, 3.05) is 83.1 Å². The highest BCUT2D eigenvalue weighted by atomic mass is 33.1. The van der Waals surface area contributed by atoms with E-state index in [9.17, 15) is 148 Å². The summed E-state index contributed by atoms with van der Waals surface area (Å²) in [6.45, 7) is 5.67. The Bertz CT molecular complexity index is 4650. The number of aliphatic hydroxyl groups excluding tert-OH is 8. The fourth-order valence-corrected chi connectivity index (χ4v) is 17.5. The SMILES string of the molecule is CCCC(=O)OCN(CC[C@@H](OC(C)=O)c1nc(C(=O)N[C@@H](Cc2ccc(O)cc2)C[C@H](C)C(=O)NNOCCSSC[C@H](NC(=O)[C@H](CCC(=O)NC[C@@H](O)[C@H](O)[C@@H](O)CCO)NC(=O)[C@H](CCC(=O)O)NC(=O)[C@H](CCC(=O)NC[C@@H](O)[C@H](O)[C@@H](O)CCO)NC(=O)[C@H](CCC(=O)O)NC(=O)CCCCCCCNC(=O)c2cccc(NC(N)=O)c2)C(=O)O)cs1)C(=O)[C@@H](NC(=O)[C@H]1CCCCN1C)C(C)CC. The maximum atomic E-state index is 14.7. The number of nitrogens with one attached hydrogen (secondary N) is 13. The third kappa shape index (κ3) is 49.4. The van der Waals surface area contributed by atoms with Crippen LogP contribution in [0.5, 0.6) is 5.75 Å². The minimum Gasteiger partial charge on any atom is -0.508 e. The molecule has 812 valence electrons. The number of ether oxygens (including phenoxy) is 2. The van der Waals surface area contributed by atoms with Crippen molar-refractivity contribution in [3.63, 3.8) is 0 Å². The Labute approximate surface area is 850 Å². The first kappa shape index (κ1) is 126. The van der Waals surface area contributed by atoms with Gasteiger partial charge >= 0.3 is 35.9 Å². The number of esters is 2. The molecule has 53 heteroatoms. The number of aromatic nitrogens is 1. The molecule has 50 nitrogen and oxygen atoms in total. The molecule has 27 N–H and O–H groups in total. The predicted octanol–water partition coefficient (Wildman–Crippen LogP) is -1.49. The fraction of sp³-hybridized carbons (Fsp3) is 0.641. The molecule has 4 rings (SSSR count). The van der Waals surface area contributed by atoms with Gasteiger partial charge < -0.3 is 140 Å². The minimum atomic E-state index is -2.06. The molecule has 0 spiro atoms. The number of amides is 14. The molecule has 0 saturated carbocycles. The van der Waals surface area contributed by atoms with Crippen molar-refractivity contribution in [1.29, 1.82) is 0 Å². The third-order valence-electron chi connectivity index (χ3n) is 23.1. The second kappa shape index (κ2) is 68.7. The number of aliphatic carboxylic acids is 3. The average Bonchev–Trinajstić information content (AvgIpc) is 1.80. The van der Waals surface area contributed by atoms with Crippen molar-refractivity contribution in [2.24, 2.45) is 17.6 Å². The van der Waals surface area contributed by atoms with Gasteiger partial charge in [0.25, 0.3) is 11.8 Å². The highest BCUT2D eigenvalue weighted by Crippen LogP contribution is 2.29. The van der Waals surface area contributed by atoms with Crippen molar-refractivity contribution in [3.05, 3.63) is 75.7 Å². The number of likely N-dealkylation sites (N-methyl/N-ethyl adjacent to an activating group) is 1. The number of anilines is 1. The van der Waals surface area contributed by atoms with E-state index in [-0.39, 0.29) is 111 Å². The molecule has 145 heavy (non-hydrogen) atoms. The lowest BCUT2D eigenvalue weighted by molar-refractivity contribution is -0.156. The number of aliphatic hydroxyl groups is 8. The number of phenolic OH excluding ortho intramolecular Hbond substituents is 1. The zero-order valence-electron chi connectivity index (χ0n) is 82.1. The normalized spacial score (nSPS) is 15.8. The fourth-order valence-electron chi connectivity index (χ4n) is 14.7. The summed E-state index contributed by atoms with van der Waals surface area (Å²) in [6, 6.07) is -0.508. The Morgan fingerprint density at radius 3 is 1.70 bits per heavy atom. The molecule has 0 radical (unpaired) electrons. The molecular formula is C92H143N17O33S3. The number of thiazole rings is 1. The largest absolute Gasteiger partial charge is 0.508 e. The number of hydrogen-bond acceptors (Lipinski definition) is 36. The number of carboxylic acids is 3. The van der Waals surface area contributed by atoms with E-state index in [0.717, 1.165) is 45.8 Å². The number of hydrazine groups is 1. The van der Waals surface area contributed by atoms with Gasteiger partial charge in [-0.15, -0.1) is 16.9 Å². The van der Waals surface area contributed by atoms with Crippen LogP contribution < -0.4 is 75.2 Å². The lowest BCUT2D eigenvalue weighted by Gasteiger charge is -2.35. The summed E-state index contributed by atoms with van der Waals surface area (Å²) < 4.78 is 11.3. The number of carboxylic acid groups (broad SMARTS) is 3. The van der Waals surface area contributed by atoms with Crippen LogP contribution in [0, 0.1) is 11.8 Å². The van der Waals surface area contributed by atoms with E-state index in [1.54, 1.807) is 38.1 Å². The van der Waals surface area contributed by atoms with E-state index in [1.807, 2.05) is 25.8 Å². The van der Waals surface area contributed by atoms with Gasteiger partial charge in [-0.25, -0.2) is 14.6 Å². The van der Waals surface area contributed by atoms with Crippen molar-refractivity contribution < 1.29 is 162 Å². The van der Waals surface area contributed by atoms with Gasteiger partial charge in [0, 0.05) is 131 Å². The van der Waals surface area contributed by atoms with Crippen molar-refractivity contribution in [2.45, 2.75) is 286 Å². The van der Waals surface area contributed by atoms with E-state index in [1.165, 1.54) is 41.5 Å². The Morgan fingerprint density at radius 1 is 0.607 bits per heavy atom. The Hall–Kier alpha value is -11.6. The number of nitrogens with two attached hydrogens (primary N) is 1. The Kier molecular flexibility index (Phi) is 59.5. The van der Waals surface area contributed by atoms with Gasteiger partial charge in [-0.1, -0.05) is 99.6 Å². The maximum Gasteiger partial charge on any atom is 0.327 e. The van der Waals surface area contributed by atoms with Crippen LogP contribution in [0.25, 0.3) is 0 Å². The van der Waals surface area contributed by atoms with Crippen LogP contribution in [0.2, 0.25) is 0 Å². The van der Waals surface area contributed by atoms with Gasteiger partial charge in [0.15, 0.2) is 12.8 Å². The van der Waals surface area contributed by atoms with Crippen LogP contribution in [-0.4, -0.2) is 346 Å². The quantitative estimate of drug-likeness (QED) is 0.0101.